The standard InChI is InChI=1S/C16H23NO3.C8H16O.CH5N/c1(2-6-17-7-9-18-10-8-17)3-14-4-5-15-16(13-14)20-12-11-19-15;1-2-3-4-5-6-7-8-9;1-2/h4-5,13H,1-3,6-12H2;8H,2-7H2,1H3;2H2,1H3. The van der Waals surface area contributed by atoms with Gasteiger partial charge in [0.15, 0.2) is 11.5 Å². The lowest BCUT2D eigenvalue weighted by Crippen LogP contribution is -2.36. The Hall–Kier alpha value is -1.63. The Labute approximate surface area is 189 Å². The molecule has 6 nitrogen and oxygen atoms in total. The van der Waals surface area contributed by atoms with Gasteiger partial charge >= 0.3 is 0 Å². The van der Waals surface area contributed by atoms with Crippen molar-refractivity contribution < 1.29 is 19.0 Å². The van der Waals surface area contributed by atoms with Gasteiger partial charge in [-0.3, -0.25) is 4.90 Å². The van der Waals surface area contributed by atoms with Gasteiger partial charge in [0, 0.05) is 19.5 Å². The van der Waals surface area contributed by atoms with Crippen molar-refractivity contribution in [3.63, 3.8) is 0 Å². The number of morpholine rings is 1. The van der Waals surface area contributed by atoms with Crippen LogP contribution in [0.1, 0.15) is 63.9 Å². The number of rotatable bonds is 11. The van der Waals surface area contributed by atoms with Crippen LogP contribution in [0.3, 0.4) is 0 Å². The smallest absolute Gasteiger partial charge is 0.161 e. The summed E-state index contributed by atoms with van der Waals surface area (Å²) in [7, 11) is 1.50. The van der Waals surface area contributed by atoms with Crippen molar-refractivity contribution in [2.45, 2.75) is 64.7 Å². The minimum atomic E-state index is 0.659. The highest BCUT2D eigenvalue weighted by molar-refractivity contribution is 5.48. The molecular formula is C25H44N2O4. The zero-order valence-electron chi connectivity index (χ0n) is 19.8. The fourth-order valence-corrected chi connectivity index (χ4v) is 3.56. The molecule has 2 aliphatic heterocycles. The third-order valence-corrected chi connectivity index (χ3v) is 5.33. The molecule has 31 heavy (non-hydrogen) atoms. The van der Waals surface area contributed by atoms with Gasteiger partial charge in [-0.05, 0) is 57.0 Å². The van der Waals surface area contributed by atoms with Crippen molar-refractivity contribution in [3.8, 4) is 11.5 Å². The zero-order valence-corrected chi connectivity index (χ0v) is 19.8. The molecule has 1 aromatic rings. The predicted molar refractivity (Wildman–Crippen MR) is 127 cm³/mol. The lowest BCUT2D eigenvalue weighted by atomic mass is 10.1. The van der Waals surface area contributed by atoms with E-state index in [-0.39, 0.29) is 0 Å². The Morgan fingerprint density at radius 1 is 0.903 bits per heavy atom. The van der Waals surface area contributed by atoms with E-state index in [1.807, 2.05) is 6.07 Å². The van der Waals surface area contributed by atoms with Gasteiger partial charge in [-0.2, -0.15) is 0 Å². The maximum Gasteiger partial charge on any atom is 0.161 e. The number of fused-ring (bicyclic) bond motifs is 1. The Balaban J connectivity index is 0.000000372. The van der Waals surface area contributed by atoms with Crippen molar-refractivity contribution in [2.75, 3.05) is 53.1 Å². The minimum absolute atomic E-state index is 0.659. The van der Waals surface area contributed by atoms with Gasteiger partial charge in [-0.25, -0.2) is 0 Å². The molecule has 1 aromatic carbocycles. The van der Waals surface area contributed by atoms with Gasteiger partial charge < -0.3 is 24.7 Å². The fourth-order valence-electron chi connectivity index (χ4n) is 3.56. The molecular weight excluding hydrogens is 392 g/mol. The van der Waals surface area contributed by atoms with E-state index in [4.69, 9.17) is 14.2 Å². The first-order valence-corrected chi connectivity index (χ1v) is 12.0. The number of nitrogens with zero attached hydrogens (tertiary/aromatic N) is 1. The molecule has 1 fully saturated rings. The van der Waals surface area contributed by atoms with Gasteiger partial charge in [0.25, 0.3) is 0 Å². The highest BCUT2D eigenvalue weighted by atomic mass is 16.6. The van der Waals surface area contributed by atoms with E-state index in [1.165, 1.54) is 57.7 Å². The van der Waals surface area contributed by atoms with Gasteiger partial charge in [-0.1, -0.05) is 38.7 Å². The number of hydrogen-bond donors (Lipinski definition) is 1. The molecule has 2 heterocycles. The molecule has 2 N–H and O–H groups in total. The second-order valence-electron chi connectivity index (χ2n) is 7.76. The molecule has 1 saturated heterocycles. The van der Waals surface area contributed by atoms with Crippen molar-refractivity contribution in [1.29, 1.82) is 0 Å². The number of hydrogen-bond acceptors (Lipinski definition) is 6. The summed E-state index contributed by atoms with van der Waals surface area (Å²) in [5.74, 6) is 1.79. The number of aryl methyl sites for hydroxylation is 1. The maximum absolute atomic E-state index is 9.84. The van der Waals surface area contributed by atoms with E-state index in [0.717, 1.165) is 63.4 Å². The maximum atomic E-state index is 9.84. The van der Waals surface area contributed by atoms with Gasteiger partial charge in [0.1, 0.15) is 19.5 Å². The topological polar surface area (TPSA) is 74.0 Å². The Morgan fingerprint density at radius 3 is 2.32 bits per heavy atom. The molecule has 0 bridgehead atoms. The predicted octanol–water partition coefficient (Wildman–Crippen LogP) is 4.23. The summed E-state index contributed by atoms with van der Waals surface area (Å²) in [4.78, 5) is 12.3. The third kappa shape index (κ3) is 12.7. The second-order valence-corrected chi connectivity index (χ2v) is 7.76. The number of ether oxygens (including phenoxy) is 3. The average Bonchev–Trinajstić information content (AvgIpc) is 2.84. The third-order valence-electron chi connectivity index (χ3n) is 5.33. The highest BCUT2D eigenvalue weighted by Crippen LogP contribution is 2.31. The minimum Gasteiger partial charge on any atom is -0.486 e. The molecule has 0 amide bonds. The van der Waals surface area contributed by atoms with Crippen molar-refractivity contribution in [3.05, 3.63) is 23.8 Å². The lowest BCUT2D eigenvalue weighted by Gasteiger charge is -2.26. The molecule has 3 rings (SSSR count). The molecule has 0 spiro atoms. The van der Waals surface area contributed by atoms with Crippen LogP contribution >= 0.6 is 0 Å². The fraction of sp³-hybridized carbons (Fsp3) is 0.720. The first-order chi connectivity index (χ1) is 15.3. The molecule has 0 radical (unpaired) electrons. The molecule has 2 aliphatic rings. The van der Waals surface area contributed by atoms with E-state index < -0.39 is 0 Å². The first-order valence-electron chi connectivity index (χ1n) is 12.0. The van der Waals surface area contributed by atoms with Crippen molar-refractivity contribution in [2.24, 2.45) is 5.73 Å². The first kappa shape index (κ1) is 27.4. The molecule has 0 unspecified atom stereocenters. The summed E-state index contributed by atoms with van der Waals surface area (Å²) in [6.07, 6.45) is 11.5. The van der Waals surface area contributed by atoms with Crippen LogP contribution in [-0.2, 0) is 16.0 Å². The Kier molecular flexibility index (Phi) is 16.9. The monoisotopic (exact) mass is 436 g/mol. The van der Waals surface area contributed by atoms with Crippen LogP contribution < -0.4 is 15.2 Å². The number of benzene rings is 1. The Morgan fingerprint density at radius 2 is 1.61 bits per heavy atom. The van der Waals surface area contributed by atoms with Gasteiger partial charge in [0.05, 0.1) is 13.2 Å². The molecule has 0 aromatic heterocycles. The normalized spacial score (nSPS) is 15.2. The van der Waals surface area contributed by atoms with Crippen LogP contribution in [0, 0.1) is 0 Å². The number of aldehydes is 1. The van der Waals surface area contributed by atoms with Crippen LogP contribution in [0.4, 0.5) is 0 Å². The van der Waals surface area contributed by atoms with E-state index in [2.05, 4.69) is 29.7 Å². The van der Waals surface area contributed by atoms with E-state index in [0.29, 0.717) is 13.2 Å². The molecule has 6 heteroatoms. The molecule has 0 aliphatic carbocycles. The SMILES string of the molecule is CCCCCCCC=O.CN.c1cc2c(cc1CCCCN1CCOCC1)OCCO2. The second kappa shape index (κ2) is 19.1. The summed E-state index contributed by atoms with van der Waals surface area (Å²) in [6.45, 7) is 8.66. The number of unbranched alkanes of at least 4 members (excludes halogenated alkanes) is 6. The van der Waals surface area contributed by atoms with E-state index in [1.54, 1.807) is 0 Å². The zero-order chi connectivity index (χ0) is 22.6. The molecule has 178 valence electrons. The van der Waals surface area contributed by atoms with Crippen LogP contribution in [0.15, 0.2) is 18.2 Å². The summed E-state index contributed by atoms with van der Waals surface area (Å²) < 4.78 is 16.5. The lowest BCUT2D eigenvalue weighted by molar-refractivity contribution is -0.107. The summed E-state index contributed by atoms with van der Waals surface area (Å²) in [6, 6.07) is 6.32. The summed E-state index contributed by atoms with van der Waals surface area (Å²) in [5.41, 5.74) is 5.84. The van der Waals surface area contributed by atoms with Crippen LogP contribution in [0.2, 0.25) is 0 Å². The average molecular weight is 437 g/mol. The highest BCUT2D eigenvalue weighted by Gasteiger charge is 2.12. The van der Waals surface area contributed by atoms with Gasteiger partial charge in [0.2, 0.25) is 0 Å². The number of nitrogens with two attached hydrogens (primary N) is 1. The molecule has 0 saturated carbocycles. The van der Waals surface area contributed by atoms with Crippen molar-refractivity contribution in [1.82, 2.24) is 4.90 Å². The van der Waals surface area contributed by atoms with Gasteiger partial charge in [-0.15, -0.1) is 0 Å². The van der Waals surface area contributed by atoms with E-state index in [9.17, 15) is 4.79 Å². The molecule has 0 atom stereocenters. The Bertz CT molecular complexity index is 562. The van der Waals surface area contributed by atoms with Crippen LogP contribution in [0.5, 0.6) is 11.5 Å². The quantitative estimate of drug-likeness (QED) is 0.413. The largest absolute Gasteiger partial charge is 0.486 e. The van der Waals surface area contributed by atoms with Crippen molar-refractivity contribution >= 4 is 6.29 Å². The van der Waals surface area contributed by atoms with Crippen LogP contribution in [0.25, 0.3) is 0 Å². The number of carbonyl (C=O) groups excluding carboxylic acids is 1. The summed E-state index contributed by atoms with van der Waals surface area (Å²) in [5, 5.41) is 0. The number of carbonyl (C=O) groups is 1. The van der Waals surface area contributed by atoms with E-state index >= 15 is 0 Å². The summed E-state index contributed by atoms with van der Waals surface area (Å²) >= 11 is 0. The van der Waals surface area contributed by atoms with Crippen LogP contribution in [-0.4, -0.2) is 64.3 Å².